The number of rotatable bonds is 5. The Morgan fingerprint density at radius 3 is 2.69 bits per heavy atom. The lowest BCUT2D eigenvalue weighted by atomic mass is 10.1. The fourth-order valence-electron chi connectivity index (χ4n) is 1.35. The molecule has 1 aromatic rings. The van der Waals surface area contributed by atoms with Gasteiger partial charge in [0.2, 0.25) is 0 Å². The van der Waals surface area contributed by atoms with E-state index in [2.05, 4.69) is 0 Å². The van der Waals surface area contributed by atoms with Crippen LogP contribution in [0, 0.1) is 0 Å². The van der Waals surface area contributed by atoms with Crippen molar-refractivity contribution in [3.63, 3.8) is 0 Å². The maximum Gasteiger partial charge on any atom is 0.161 e. The number of allylic oxidation sites excluding steroid dienone is 1. The van der Waals surface area contributed by atoms with Gasteiger partial charge in [0.05, 0.1) is 13.7 Å². The van der Waals surface area contributed by atoms with Crippen LogP contribution in [0.3, 0.4) is 0 Å². The molecule has 0 bridgehead atoms. The molecular formula is C13H16O3. The van der Waals surface area contributed by atoms with Crippen molar-refractivity contribution >= 4 is 12.4 Å². The lowest BCUT2D eigenvalue weighted by molar-refractivity contribution is -0.104. The monoisotopic (exact) mass is 220 g/mol. The normalized spacial score (nSPS) is 11.1. The highest BCUT2D eigenvalue weighted by Gasteiger charge is 2.03. The Labute approximate surface area is 95.7 Å². The number of benzene rings is 1. The van der Waals surface area contributed by atoms with E-state index in [-0.39, 0.29) is 0 Å². The van der Waals surface area contributed by atoms with Crippen molar-refractivity contribution in [3.05, 3.63) is 29.3 Å². The largest absolute Gasteiger partial charge is 0.493 e. The minimum Gasteiger partial charge on any atom is -0.493 e. The minimum absolute atomic E-state index is 0.580. The Balaban J connectivity index is 3.06. The van der Waals surface area contributed by atoms with E-state index in [1.165, 1.54) is 0 Å². The van der Waals surface area contributed by atoms with Gasteiger partial charge in [0, 0.05) is 0 Å². The molecule has 0 spiro atoms. The Bertz CT molecular complexity index is 394. The van der Waals surface area contributed by atoms with Crippen LogP contribution in [0.5, 0.6) is 11.5 Å². The topological polar surface area (TPSA) is 35.5 Å². The number of carbonyl (C=O) groups is 1. The van der Waals surface area contributed by atoms with E-state index in [0.717, 1.165) is 11.8 Å². The van der Waals surface area contributed by atoms with Gasteiger partial charge in [0.1, 0.15) is 6.29 Å². The first-order valence-electron chi connectivity index (χ1n) is 5.15. The maximum absolute atomic E-state index is 10.5. The number of hydrogen-bond donors (Lipinski definition) is 0. The van der Waals surface area contributed by atoms with Crippen LogP contribution in [-0.2, 0) is 4.79 Å². The third kappa shape index (κ3) is 3.12. The second kappa shape index (κ2) is 5.95. The summed E-state index contributed by atoms with van der Waals surface area (Å²) in [4.78, 5) is 10.5. The fourth-order valence-corrected chi connectivity index (χ4v) is 1.35. The standard InChI is InChI=1S/C13H16O3/c1-4-16-13-8-11(7-10(2)9-14)5-6-12(13)15-3/h5-9H,4H2,1-3H3. The van der Waals surface area contributed by atoms with Gasteiger partial charge in [-0.25, -0.2) is 0 Å². The van der Waals surface area contributed by atoms with Crippen LogP contribution in [0.4, 0.5) is 0 Å². The summed E-state index contributed by atoms with van der Waals surface area (Å²) < 4.78 is 10.6. The molecule has 0 N–H and O–H groups in total. The highest BCUT2D eigenvalue weighted by Crippen LogP contribution is 2.28. The number of methoxy groups -OCH3 is 1. The highest BCUT2D eigenvalue weighted by molar-refractivity contribution is 5.81. The van der Waals surface area contributed by atoms with E-state index in [1.54, 1.807) is 20.1 Å². The summed E-state index contributed by atoms with van der Waals surface area (Å²) in [7, 11) is 1.60. The summed E-state index contributed by atoms with van der Waals surface area (Å²) in [5, 5.41) is 0. The zero-order chi connectivity index (χ0) is 12.0. The molecule has 0 aliphatic heterocycles. The number of hydrogen-bond acceptors (Lipinski definition) is 3. The van der Waals surface area contributed by atoms with Crippen LogP contribution < -0.4 is 9.47 Å². The van der Waals surface area contributed by atoms with Gasteiger partial charge in [0.25, 0.3) is 0 Å². The molecule has 1 aromatic carbocycles. The van der Waals surface area contributed by atoms with Gasteiger partial charge in [-0.1, -0.05) is 6.07 Å². The quantitative estimate of drug-likeness (QED) is 0.565. The van der Waals surface area contributed by atoms with Gasteiger partial charge >= 0.3 is 0 Å². The Morgan fingerprint density at radius 2 is 2.12 bits per heavy atom. The molecule has 0 amide bonds. The van der Waals surface area contributed by atoms with Gasteiger partial charge in [-0.3, -0.25) is 4.79 Å². The zero-order valence-electron chi connectivity index (χ0n) is 9.82. The molecule has 3 heteroatoms. The molecule has 3 nitrogen and oxygen atoms in total. The molecule has 16 heavy (non-hydrogen) atoms. The van der Waals surface area contributed by atoms with Crippen molar-refractivity contribution in [1.29, 1.82) is 0 Å². The van der Waals surface area contributed by atoms with Crippen molar-refractivity contribution < 1.29 is 14.3 Å². The summed E-state index contributed by atoms with van der Waals surface area (Å²) in [6.45, 7) is 4.26. The van der Waals surface area contributed by atoms with Crippen LogP contribution in [0.15, 0.2) is 23.8 Å². The summed E-state index contributed by atoms with van der Waals surface area (Å²) in [5.41, 5.74) is 1.60. The highest BCUT2D eigenvalue weighted by atomic mass is 16.5. The molecule has 0 unspecified atom stereocenters. The molecule has 0 radical (unpaired) electrons. The van der Waals surface area contributed by atoms with Crippen LogP contribution in [0.2, 0.25) is 0 Å². The Kier molecular flexibility index (Phi) is 4.58. The van der Waals surface area contributed by atoms with Crippen molar-refractivity contribution in [1.82, 2.24) is 0 Å². The lowest BCUT2D eigenvalue weighted by Crippen LogP contribution is -1.95. The average Bonchev–Trinajstić information content (AvgIpc) is 2.30. The molecule has 0 heterocycles. The molecule has 0 aliphatic carbocycles. The molecule has 0 saturated heterocycles. The third-order valence-corrected chi connectivity index (χ3v) is 2.07. The number of ether oxygens (including phenoxy) is 2. The minimum atomic E-state index is 0.580. The summed E-state index contributed by atoms with van der Waals surface area (Å²) in [6, 6.07) is 5.57. The van der Waals surface area contributed by atoms with Gasteiger partial charge in [-0.2, -0.15) is 0 Å². The first kappa shape index (κ1) is 12.3. The third-order valence-electron chi connectivity index (χ3n) is 2.07. The zero-order valence-corrected chi connectivity index (χ0v) is 9.82. The molecule has 0 aliphatic rings. The van der Waals surface area contributed by atoms with E-state index in [9.17, 15) is 4.79 Å². The molecule has 1 rings (SSSR count). The van der Waals surface area contributed by atoms with Crippen LogP contribution >= 0.6 is 0 Å². The first-order chi connectivity index (χ1) is 7.71. The Hall–Kier alpha value is -1.77. The average molecular weight is 220 g/mol. The van der Waals surface area contributed by atoms with E-state index in [0.29, 0.717) is 23.7 Å². The fraction of sp³-hybridized carbons (Fsp3) is 0.308. The van der Waals surface area contributed by atoms with Crippen molar-refractivity contribution in [2.45, 2.75) is 13.8 Å². The molecule has 0 saturated carbocycles. The van der Waals surface area contributed by atoms with Crippen LogP contribution in [-0.4, -0.2) is 20.0 Å². The SMILES string of the molecule is CCOc1cc(C=C(C)C=O)ccc1OC. The summed E-state index contributed by atoms with van der Waals surface area (Å²) in [5.74, 6) is 1.39. The number of aldehydes is 1. The van der Waals surface area contributed by atoms with Gasteiger partial charge in [-0.05, 0) is 43.2 Å². The molecular weight excluding hydrogens is 204 g/mol. The molecule has 86 valence electrons. The molecule has 0 fully saturated rings. The smallest absolute Gasteiger partial charge is 0.161 e. The van der Waals surface area contributed by atoms with E-state index in [4.69, 9.17) is 9.47 Å². The van der Waals surface area contributed by atoms with E-state index in [1.807, 2.05) is 25.1 Å². The van der Waals surface area contributed by atoms with Gasteiger partial charge in [-0.15, -0.1) is 0 Å². The van der Waals surface area contributed by atoms with Crippen molar-refractivity contribution in [3.8, 4) is 11.5 Å². The summed E-state index contributed by atoms with van der Waals surface area (Å²) in [6.07, 6.45) is 2.62. The lowest BCUT2D eigenvalue weighted by Gasteiger charge is -2.09. The molecule has 0 aromatic heterocycles. The van der Waals surface area contributed by atoms with E-state index < -0.39 is 0 Å². The first-order valence-corrected chi connectivity index (χ1v) is 5.15. The van der Waals surface area contributed by atoms with Crippen molar-refractivity contribution in [2.75, 3.05) is 13.7 Å². The van der Waals surface area contributed by atoms with Crippen LogP contribution in [0.1, 0.15) is 19.4 Å². The Morgan fingerprint density at radius 1 is 1.38 bits per heavy atom. The second-order valence-corrected chi connectivity index (χ2v) is 3.35. The van der Waals surface area contributed by atoms with Gasteiger partial charge < -0.3 is 9.47 Å². The predicted molar refractivity (Wildman–Crippen MR) is 63.9 cm³/mol. The van der Waals surface area contributed by atoms with Crippen LogP contribution in [0.25, 0.3) is 6.08 Å². The predicted octanol–water partition coefficient (Wildman–Crippen LogP) is 2.70. The van der Waals surface area contributed by atoms with E-state index >= 15 is 0 Å². The van der Waals surface area contributed by atoms with Crippen molar-refractivity contribution in [2.24, 2.45) is 0 Å². The summed E-state index contributed by atoms with van der Waals surface area (Å²) >= 11 is 0. The molecule has 0 atom stereocenters. The second-order valence-electron chi connectivity index (χ2n) is 3.35. The number of carbonyl (C=O) groups excluding carboxylic acids is 1. The maximum atomic E-state index is 10.5. The van der Waals surface area contributed by atoms with Gasteiger partial charge in [0.15, 0.2) is 11.5 Å².